The Morgan fingerprint density at radius 3 is 2.39 bits per heavy atom. The molecule has 2 aromatic rings. The van der Waals surface area contributed by atoms with Gasteiger partial charge in [0, 0.05) is 42.8 Å². The summed E-state index contributed by atoms with van der Waals surface area (Å²) in [6, 6.07) is 5.50. The number of carboxylic acid groups (broad SMARTS) is 1. The van der Waals surface area contributed by atoms with Gasteiger partial charge in [-0.05, 0) is 45.6 Å². The fourth-order valence-electron chi connectivity index (χ4n) is 5.05. The van der Waals surface area contributed by atoms with Gasteiger partial charge in [0.05, 0.1) is 10.0 Å². The average Bonchev–Trinajstić information content (AvgIpc) is 3.32. The third-order valence-electron chi connectivity index (χ3n) is 6.65. The van der Waals surface area contributed by atoms with Crippen LogP contribution in [0.15, 0.2) is 28.5 Å². The highest BCUT2D eigenvalue weighted by molar-refractivity contribution is 8.28. The largest absolute Gasteiger partial charge is 0.483 e. The maximum Gasteiger partial charge on any atom is 0.290 e. The molecule has 7 N–H and O–H groups in total. The number of nitrogens with zero attached hydrogens (tertiary/aromatic N) is 5. The Morgan fingerprint density at radius 2 is 1.75 bits per heavy atom. The van der Waals surface area contributed by atoms with E-state index >= 15 is 0 Å². The van der Waals surface area contributed by atoms with Crippen LogP contribution < -0.4 is 17.2 Å². The van der Waals surface area contributed by atoms with Crippen molar-refractivity contribution in [3.05, 3.63) is 28.2 Å². The SMILES string of the molecule is CC1(N)CCCN(C2=Nn3c(nc(-c4cccc(Cl)c4Cl)c3N)[SH]2N2CCCC(C)(N)C2)C1.O=CO. The van der Waals surface area contributed by atoms with Crippen molar-refractivity contribution < 1.29 is 9.90 Å². The molecular weight excluding hydrogens is 523 g/mol. The number of benzene rings is 1. The van der Waals surface area contributed by atoms with Gasteiger partial charge in [-0.2, -0.15) is 4.68 Å². The summed E-state index contributed by atoms with van der Waals surface area (Å²) in [4.78, 5) is 15.7. The van der Waals surface area contributed by atoms with E-state index in [0.717, 1.165) is 62.2 Å². The molecule has 4 heterocycles. The van der Waals surface area contributed by atoms with Gasteiger partial charge in [-0.3, -0.25) is 9.10 Å². The number of thiol groups is 1. The van der Waals surface area contributed by atoms with E-state index < -0.39 is 11.1 Å². The van der Waals surface area contributed by atoms with Gasteiger partial charge in [0.25, 0.3) is 6.47 Å². The van der Waals surface area contributed by atoms with Crippen molar-refractivity contribution in [1.29, 1.82) is 0 Å². The molecule has 0 aliphatic carbocycles. The molecule has 3 atom stereocenters. The lowest BCUT2D eigenvalue weighted by Crippen LogP contribution is -2.55. The summed E-state index contributed by atoms with van der Waals surface area (Å²) in [6.07, 6.45) is 4.08. The van der Waals surface area contributed by atoms with Crippen molar-refractivity contribution in [2.45, 2.75) is 55.8 Å². The van der Waals surface area contributed by atoms with Gasteiger partial charge in [-0.1, -0.05) is 46.4 Å². The first-order valence-corrected chi connectivity index (χ1v) is 13.9. The normalized spacial score (nSPS) is 29.2. The van der Waals surface area contributed by atoms with Crippen LogP contribution in [0.4, 0.5) is 5.82 Å². The number of anilines is 1. The van der Waals surface area contributed by atoms with Gasteiger partial charge in [0.2, 0.25) is 0 Å². The highest BCUT2D eigenvalue weighted by Crippen LogP contribution is 2.51. The Kier molecular flexibility index (Phi) is 7.80. The van der Waals surface area contributed by atoms with Crippen molar-refractivity contribution >= 4 is 51.7 Å². The second kappa shape index (κ2) is 10.4. The summed E-state index contributed by atoms with van der Waals surface area (Å²) in [5, 5.41) is 14.7. The lowest BCUT2D eigenvalue weighted by molar-refractivity contribution is -0.122. The molecule has 5 rings (SSSR count). The number of carbonyl (C=O) groups is 1. The van der Waals surface area contributed by atoms with E-state index in [4.69, 9.17) is 60.4 Å². The molecule has 36 heavy (non-hydrogen) atoms. The Balaban J connectivity index is 0.000000967. The standard InChI is InChI=1S/C22H32Cl2N8S.CH2O2/c1-21(26)8-4-10-30(12-21)20-29-32-18(25)17(14-6-3-7-15(23)16(14)24)28-19(32)33(20)31-11-5-9-22(2,27)13-31;2-1-3/h3,6-7,33H,4-5,8-13,25-27H2,1-2H3;1H,(H,2,3). The van der Waals surface area contributed by atoms with Gasteiger partial charge in [-0.15, -0.1) is 5.10 Å². The topological polar surface area (TPSA) is 152 Å². The van der Waals surface area contributed by atoms with Crippen LogP contribution in [0.5, 0.6) is 0 Å². The molecule has 10 nitrogen and oxygen atoms in total. The fraction of sp³-hybridized carbons (Fsp3) is 0.522. The number of aromatic nitrogens is 2. The Labute approximate surface area is 223 Å². The second-order valence-corrected chi connectivity index (χ2v) is 13.0. The number of hydrogen-bond donors (Lipinski definition) is 5. The van der Waals surface area contributed by atoms with Crippen LogP contribution in [0.1, 0.15) is 39.5 Å². The minimum atomic E-state index is -0.999. The third-order valence-corrected chi connectivity index (χ3v) is 9.79. The summed E-state index contributed by atoms with van der Waals surface area (Å²) < 4.78 is 4.24. The molecule has 2 saturated heterocycles. The lowest BCUT2D eigenvalue weighted by Gasteiger charge is -2.45. The molecule has 198 valence electrons. The van der Waals surface area contributed by atoms with Crippen LogP contribution in [-0.2, 0) is 4.79 Å². The van der Waals surface area contributed by atoms with Gasteiger partial charge in [0.15, 0.2) is 16.1 Å². The van der Waals surface area contributed by atoms with E-state index in [2.05, 4.69) is 23.1 Å². The first-order chi connectivity index (χ1) is 17.0. The summed E-state index contributed by atoms with van der Waals surface area (Å²) in [5.74, 6) is 0.469. The van der Waals surface area contributed by atoms with E-state index in [0.29, 0.717) is 27.1 Å². The molecule has 3 aliphatic rings. The monoisotopic (exact) mass is 556 g/mol. The fourth-order valence-corrected chi connectivity index (χ4v) is 8.07. The highest BCUT2D eigenvalue weighted by atomic mass is 35.5. The number of imidazole rings is 1. The zero-order valence-corrected chi connectivity index (χ0v) is 22.9. The number of amidine groups is 1. The van der Waals surface area contributed by atoms with E-state index in [1.54, 1.807) is 10.7 Å². The van der Waals surface area contributed by atoms with Crippen molar-refractivity contribution in [3.8, 4) is 11.3 Å². The molecule has 0 spiro atoms. The highest BCUT2D eigenvalue weighted by Gasteiger charge is 2.42. The molecule has 0 amide bonds. The molecule has 1 aromatic carbocycles. The molecule has 13 heteroatoms. The van der Waals surface area contributed by atoms with Crippen molar-refractivity contribution in [2.24, 2.45) is 16.6 Å². The van der Waals surface area contributed by atoms with Gasteiger partial charge in [-0.25, -0.2) is 4.98 Å². The molecule has 2 fully saturated rings. The Morgan fingerprint density at radius 1 is 1.11 bits per heavy atom. The summed E-state index contributed by atoms with van der Waals surface area (Å²) in [5.41, 5.74) is 20.6. The van der Waals surface area contributed by atoms with Crippen LogP contribution in [0.25, 0.3) is 11.3 Å². The van der Waals surface area contributed by atoms with Crippen LogP contribution in [0.3, 0.4) is 0 Å². The number of halogens is 2. The zero-order valence-electron chi connectivity index (χ0n) is 20.5. The molecular formula is C23H34Cl2N8O2S. The summed E-state index contributed by atoms with van der Waals surface area (Å²) >= 11 is 11.8. The van der Waals surface area contributed by atoms with Crippen molar-refractivity contribution in [1.82, 2.24) is 18.9 Å². The summed E-state index contributed by atoms with van der Waals surface area (Å²) in [7, 11) is 0. The maximum atomic E-state index is 8.36. The smallest absolute Gasteiger partial charge is 0.290 e. The van der Waals surface area contributed by atoms with Gasteiger partial charge in [0.1, 0.15) is 5.69 Å². The van der Waals surface area contributed by atoms with Gasteiger partial charge < -0.3 is 27.2 Å². The number of hydrogen-bond acceptors (Lipinski definition) is 8. The third kappa shape index (κ3) is 5.32. The number of piperidine rings is 2. The maximum absolute atomic E-state index is 8.36. The number of nitrogen functional groups attached to an aromatic ring is 1. The molecule has 3 aliphatic heterocycles. The molecule has 0 bridgehead atoms. The minimum absolute atomic E-state index is 0.248. The van der Waals surface area contributed by atoms with Crippen LogP contribution in [0, 0.1) is 0 Å². The predicted molar refractivity (Wildman–Crippen MR) is 148 cm³/mol. The van der Waals surface area contributed by atoms with Crippen LogP contribution >= 0.6 is 34.3 Å². The Bertz CT molecular complexity index is 1170. The molecule has 1 aromatic heterocycles. The van der Waals surface area contributed by atoms with Crippen molar-refractivity contribution in [2.75, 3.05) is 31.9 Å². The van der Waals surface area contributed by atoms with Crippen molar-refractivity contribution in [3.63, 3.8) is 0 Å². The average molecular weight is 558 g/mol. The quantitative estimate of drug-likeness (QED) is 0.279. The van der Waals surface area contributed by atoms with Crippen LogP contribution in [0.2, 0.25) is 10.0 Å². The summed E-state index contributed by atoms with van der Waals surface area (Å²) in [6.45, 7) is 7.40. The first-order valence-electron chi connectivity index (χ1n) is 11.8. The zero-order chi connectivity index (χ0) is 26.3. The van der Waals surface area contributed by atoms with Gasteiger partial charge >= 0.3 is 0 Å². The van der Waals surface area contributed by atoms with E-state index in [1.807, 2.05) is 12.1 Å². The lowest BCUT2D eigenvalue weighted by atomic mass is 9.93. The van der Waals surface area contributed by atoms with E-state index in [9.17, 15) is 0 Å². The minimum Gasteiger partial charge on any atom is -0.483 e. The number of nitrogens with two attached hydrogens (primary N) is 3. The van der Waals surface area contributed by atoms with Crippen LogP contribution in [-0.4, -0.2) is 72.9 Å². The molecule has 3 unspecified atom stereocenters. The Hall–Kier alpha value is -2.02. The van der Waals surface area contributed by atoms with E-state index in [-0.39, 0.29) is 17.6 Å². The second-order valence-electron chi connectivity index (χ2n) is 10.2. The number of fused-ring (bicyclic) bond motifs is 1. The number of rotatable bonds is 2. The molecule has 0 saturated carbocycles. The molecule has 0 radical (unpaired) electrons. The first kappa shape index (κ1) is 27.0. The van der Waals surface area contributed by atoms with E-state index in [1.165, 1.54) is 0 Å². The number of likely N-dealkylation sites (tertiary alicyclic amines) is 1. The predicted octanol–water partition coefficient (Wildman–Crippen LogP) is 3.17.